The van der Waals surface area contributed by atoms with Gasteiger partial charge in [-0.05, 0) is 32.9 Å². The molecule has 0 spiro atoms. The Balaban J connectivity index is 2.37. The van der Waals surface area contributed by atoms with Crippen LogP contribution in [0, 0.1) is 11.3 Å². The number of nitrogens with zero attached hydrogens (tertiary/aromatic N) is 1. The molecule has 1 amide bonds. The minimum absolute atomic E-state index is 0.148. The summed E-state index contributed by atoms with van der Waals surface area (Å²) in [4.78, 5) is 13.9. The van der Waals surface area contributed by atoms with E-state index in [-0.39, 0.29) is 11.3 Å². The summed E-state index contributed by atoms with van der Waals surface area (Å²) in [5.41, 5.74) is -0.277. The second-order valence-electron chi connectivity index (χ2n) is 5.83. The molecule has 1 N–H and O–H groups in total. The number of hydrogen-bond acceptors (Lipinski definition) is 2. The normalized spacial score (nSPS) is 19.1. The number of likely N-dealkylation sites (N-methyl/N-ethyl adjacent to an activating group) is 1. The summed E-state index contributed by atoms with van der Waals surface area (Å²) in [5.74, 6) is 0.940. The fraction of sp³-hybridized carbons (Fsp3) is 0.917. The summed E-state index contributed by atoms with van der Waals surface area (Å²) >= 11 is 0. The molecule has 0 aromatic heterocycles. The first-order chi connectivity index (χ1) is 6.82. The molecular weight excluding hydrogens is 188 g/mol. The van der Waals surface area contributed by atoms with Gasteiger partial charge in [0.25, 0.3) is 0 Å². The first kappa shape index (κ1) is 12.5. The van der Waals surface area contributed by atoms with Gasteiger partial charge in [0.2, 0.25) is 5.91 Å². The Morgan fingerprint density at radius 1 is 1.40 bits per heavy atom. The zero-order chi connectivity index (χ0) is 11.6. The minimum Gasteiger partial charge on any atom is -0.354 e. The number of nitrogens with one attached hydrogen (secondary N) is 1. The summed E-state index contributed by atoms with van der Waals surface area (Å²) < 4.78 is 0. The van der Waals surface area contributed by atoms with Gasteiger partial charge in [0.1, 0.15) is 0 Å². The zero-order valence-corrected chi connectivity index (χ0v) is 10.6. The van der Waals surface area contributed by atoms with Gasteiger partial charge in [-0.25, -0.2) is 0 Å². The highest BCUT2D eigenvalue weighted by Crippen LogP contribution is 2.34. The fourth-order valence-electron chi connectivity index (χ4n) is 1.71. The molecular formula is C12H24N2O. The van der Waals surface area contributed by atoms with Crippen molar-refractivity contribution < 1.29 is 4.79 Å². The number of carbonyl (C=O) groups excluding carboxylic acids is 1. The van der Waals surface area contributed by atoms with Gasteiger partial charge >= 0.3 is 0 Å². The molecule has 88 valence electrons. The molecule has 0 aliphatic heterocycles. The summed E-state index contributed by atoms with van der Waals surface area (Å²) in [6.07, 6.45) is 2.63. The van der Waals surface area contributed by atoms with Crippen LogP contribution >= 0.6 is 0 Å². The summed E-state index contributed by atoms with van der Waals surface area (Å²) in [6.45, 7) is 6.63. The number of amides is 1. The first-order valence-corrected chi connectivity index (χ1v) is 5.77. The highest BCUT2D eigenvalue weighted by Gasteiger charge is 2.33. The molecule has 0 unspecified atom stereocenters. The van der Waals surface area contributed by atoms with Crippen LogP contribution in [0.1, 0.15) is 33.6 Å². The maximum atomic E-state index is 11.7. The van der Waals surface area contributed by atoms with Gasteiger partial charge in [-0.1, -0.05) is 20.8 Å². The smallest absolute Gasteiger partial charge is 0.225 e. The van der Waals surface area contributed by atoms with Crippen molar-refractivity contribution in [1.29, 1.82) is 0 Å². The molecule has 3 nitrogen and oxygen atoms in total. The highest BCUT2D eigenvalue weighted by molar-refractivity contribution is 5.81. The fourth-order valence-corrected chi connectivity index (χ4v) is 1.71. The second kappa shape index (κ2) is 4.52. The van der Waals surface area contributed by atoms with Crippen molar-refractivity contribution in [3.05, 3.63) is 0 Å². The van der Waals surface area contributed by atoms with Gasteiger partial charge < -0.3 is 10.2 Å². The van der Waals surface area contributed by atoms with E-state index in [0.717, 1.165) is 12.5 Å². The summed E-state index contributed by atoms with van der Waals surface area (Å²) in [7, 11) is 4.18. The third-order valence-corrected chi connectivity index (χ3v) is 2.98. The van der Waals surface area contributed by atoms with Gasteiger partial charge in [0.15, 0.2) is 0 Å². The molecule has 1 atom stereocenters. The van der Waals surface area contributed by atoms with E-state index in [9.17, 15) is 4.79 Å². The third kappa shape index (κ3) is 3.82. The van der Waals surface area contributed by atoms with Crippen molar-refractivity contribution in [3.8, 4) is 0 Å². The summed E-state index contributed by atoms with van der Waals surface area (Å²) in [6, 6.07) is 0.510. The van der Waals surface area contributed by atoms with Crippen LogP contribution < -0.4 is 5.32 Å². The van der Waals surface area contributed by atoms with Gasteiger partial charge in [0, 0.05) is 18.0 Å². The molecule has 1 fully saturated rings. The quantitative estimate of drug-likeness (QED) is 0.765. The number of hydrogen-bond donors (Lipinski definition) is 1. The lowest BCUT2D eigenvalue weighted by Crippen LogP contribution is -2.44. The molecule has 0 aromatic rings. The van der Waals surface area contributed by atoms with Crippen molar-refractivity contribution in [1.82, 2.24) is 10.2 Å². The molecule has 1 aliphatic rings. The number of carbonyl (C=O) groups is 1. The first-order valence-electron chi connectivity index (χ1n) is 5.77. The van der Waals surface area contributed by atoms with Crippen LogP contribution in [0.4, 0.5) is 0 Å². The Hall–Kier alpha value is -0.570. The van der Waals surface area contributed by atoms with Crippen molar-refractivity contribution in [3.63, 3.8) is 0 Å². The predicted octanol–water partition coefficient (Wildman–Crippen LogP) is 1.49. The van der Waals surface area contributed by atoms with Crippen LogP contribution in [0.25, 0.3) is 0 Å². The van der Waals surface area contributed by atoms with E-state index in [1.54, 1.807) is 0 Å². The van der Waals surface area contributed by atoms with Crippen LogP contribution in [-0.2, 0) is 4.79 Å². The second-order valence-corrected chi connectivity index (χ2v) is 5.83. The third-order valence-electron chi connectivity index (χ3n) is 2.98. The van der Waals surface area contributed by atoms with E-state index < -0.39 is 0 Å². The molecule has 1 aliphatic carbocycles. The van der Waals surface area contributed by atoms with Crippen LogP contribution in [-0.4, -0.2) is 37.5 Å². The van der Waals surface area contributed by atoms with Crippen LogP contribution in [0.15, 0.2) is 0 Å². The van der Waals surface area contributed by atoms with Gasteiger partial charge in [0.05, 0.1) is 0 Å². The van der Waals surface area contributed by atoms with E-state index in [1.165, 1.54) is 12.8 Å². The maximum Gasteiger partial charge on any atom is 0.225 e. The average molecular weight is 212 g/mol. The predicted molar refractivity (Wildman–Crippen MR) is 62.7 cm³/mol. The highest BCUT2D eigenvalue weighted by atomic mass is 16.2. The van der Waals surface area contributed by atoms with Crippen molar-refractivity contribution >= 4 is 5.91 Å². The molecule has 0 bridgehead atoms. The standard InChI is InChI=1S/C12H24N2O/c1-12(2,3)11(15)13-8-10(14(4)5)9-6-7-9/h9-10H,6-8H2,1-5H3,(H,13,15)/t10-/m0/s1. The maximum absolute atomic E-state index is 11.7. The Morgan fingerprint density at radius 2 is 1.93 bits per heavy atom. The zero-order valence-electron chi connectivity index (χ0n) is 10.6. The molecule has 0 aromatic carbocycles. The van der Waals surface area contributed by atoms with Gasteiger partial charge in [-0.15, -0.1) is 0 Å². The monoisotopic (exact) mass is 212 g/mol. The Bertz CT molecular complexity index is 224. The largest absolute Gasteiger partial charge is 0.354 e. The van der Waals surface area contributed by atoms with Crippen molar-refractivity contribution in [2.24, 2.45) is 11.3 Å². The molecule has 1 rings (SSSR count). The molecule has 15 heavy (non-hydrogen) atoms. The van der Waals surface area contributed by atoms with Crippen LogP contribution in [0.3, 0.4) is 0 Å². The van der Waals surface area contributed by atoms with Crippen molar-refractivity contribution in [2.75, 3.05) is 20.6 Å². The Labute approximate surface area is 93.2 Å². The van der Waals surface area contributed by atoms with Gasteiger partial charge in [-0.3, -0.25) is 4.79 Å². The lowest BCUT2D eigenvalue weighted by molar-refractivity contribution is -0.128. The van der Waals surface area contributed by atoms with E-state index in [4.69, 9.17) is 0 Å². The molecule has 1 saturated carbocycles. The van der Waals surface area contributed by atoms with E-state index in [1.807, 2.05) is 20.8 Å². The minimum atomic E-state index is -0.277. The SMILES string of the molecule is CN(C)[C@@H](CNC(=O)C(C)(C)C)C1CC1. The number of rotatable bonds is 4. The van der Waals surface area contributed by atoms with Crippen molar-refractivity contribution in [2.45, 2.75) is 39.7 Å². The molecule has 0 radical (unpaired) electrons. The van der Waals surface area contributed by atoms with E-state index in [0.29, 0.717) is 6.04 Å². The van der Waals surface area contributed by atoms with E-state index >= 15 is 0 Å². The summed E-state index contributed by atoms with van der Waals surface area (Å²) in [5, 5.41) is 3.04. The average Bonchev–Trinajstić information content (AvgIpc) is 2.85. The van der Waals surface area contributed by atoms with Gasteiger partial charge in [-0.2, -0.15) is 0 Å². The lowest BCUT2D eigenvalue weighted by atomic mass is 9.95. The molecule has 0 heterocycles. The Kier molecular flexibility index (Phi) is 3.77. The lowest BCUT2D eigenvalue weighted by Gasteiger charge is -2.26. The van der Waals surface area contributed by atoms with E-state index in [2.05, 4.69) is 24.3 Å². The van der Waals surface area contributed by atoms with Crippen LogP contribution in [0.5, 0.6) is 0 Å². The molecule has 3 heteroatoms. The topological polar surface area (TPSA) is 32.3 Å². The molecule has 0 saturated heterocycles. The Morgan fingerprint density at radius 3 is 2.27 bits per heavy atom. The van der Waals surface area contributed by atoms with Crippen LogP contribution in [0.2, 0.25) is 0 Å².